The Morgan fingerprint density at radius 1 is 1.22 bits per heavy atom. The molecule has 0 bridgehead atoms. The number of ether oxygens (including phenoxy) is 1. The van der Waals surface area contributed by atoms with Crippen molar-refractivity contribution in [2.45, 2.75) is 51.7 Å². The Hall–Kier alpha value is -1.31. The molecule has 2 fully saturated rings. The third-order valence-electron chi connectivity index (χ3n) is 4.02. The highest BCUT2D eigenvalue weighted by molar-refractivity contribution is 7.91. The van der Waals surface area contributed by atoms with Gasteiger partial charge in [0, 0.05) is 19.1 Å². The summed E-state index contributed by atoms with van der Waals surface area (Å²) in [6.45, 7) is 6.31. The molecule has 0 aromatic rings. The van der Waals surface area contributed by atoms with Gasteiger partial charge >= 0.3 is 6.09 Å². The van der Waals surface area contributed by atoms with E-state index in [1.54, 1.807) is 25.7 Å². The van der Waals surface area contributed by atoms with Crippen molar-refractivity contribution in [3.8, 4) is 0 Å². The molecule has 0 aromatic carbocycles. The highest BCUT2D eigenvalue weighted by atomic mass is 32.2. The normalized spacial score (nSPS) is 27.5. The highest BCUT2D eigenvalue weighted by Gasteiger charge is 2.34. The van der Waals surface area contributed by atoms with E-state index in [2.05, 4.69) is 5.32 Å². The summed E-state index contributed by atoms with van der Waals surface area (Å²) in [4.78, 5) is 26.0. The van der Waals surface area contributed by atoms with Crippen LogP contribution in [0.15, 0.2) is 0 Å². The van der Waals surface area contributed by atoms with E-state index in [1.807, 2.05) is 0 Å². The third-order valence-corrected chi connectivity index (χ3v) is 5.79. The second-order valence-electron chi connectivity index (χ2n) is 7.37. The molecule has 1 N–H and O–H groups in total. The molecule has 0 unspecified atom stereocenters. The summed E-state index contributed by atoms with van der Waals surface area (Å²) in [5.41, 5.74) is -0.565. The van der Waals surface area contributed by atoms with E-state index in [-0.39, 0.29) is 29.4 Å². The number of hydrogen-bond acceptors (Lipinski definition) is 5. The first-order valence-electron chi connectivity index (χ1n) is 8.04. The molecule has 2 aliphatic rings. The van der Waals surface area contributed by atoms with Gasteiger partial charge in [0.05, 0.1) is 17.4 Å². The number of sulfone groups is 1. The van der Waals surface area contributed by atoms with Gasteiger partial charge < -0.3 is 15.0 Å². The molecule has 2 aliphatic heterocycles. The van der Waals surface area contributed by atoms with Gasteiger partial charge in [-0.2, -0.15) is 0 Å². The predicted octanol–water partition coefficient (Wildman–Crippen LogP) is 0.937. The van der Waals surface area contributed by atoms with E-state index in [9.17, 15) is 18.0 Å². The number of nitrogens with one attached hydrogen (secondary N) is 1. The van der Waals surface area contributed by atoms with Gasteiger partial charge in [-0.05, 0) is 40.0 Å². The van der Waals surface area contributed by atoms with Crippen LogP contribution in [0.3, 0.4) is 0 Å². The number of amides is 2. The minimum absolute atomic E-state index is 0.0151. The fraction of sp³-hybridized carbons (Fsp3) is 0.867. The summed E-state index contributed by atoms with van der Waals surface area (Å²) in [5.74, 6) is -0.326. The third kappa shape index (κ3) is 5.37. The largest absolute Gasteiger partial charge is 0.444 e. The molecule has 0 saturated carbocycles. The summed E-state index contributed by atoms with van der Waals surface area (Å²) in [6, 6.07) is -0.301. The molecule has 0 aliphatic carbocycles. The van der Waals surface area contributed by atoms with Crippen LogP contribution < -0.4 is 5.32 Å². The minimum Gasteiger partial charge on any atom is -0.444 e. The van der Waals surface area contributed by atoms with E-state index < -0.39 is 21.5 Å². The average Bonchev–Trinajstić information content (AvgIpc) is 2.76. The summed E-state index contributed by atoms with van der Waals surface area (Å²) < 4.78 is 28.2. The predicted molar refractivity (Wildman–Crippen MR) is 85.7 cm³/mol. The molecule has 132 valence electrons. The summed E-state index contributed by atoms with van der Waals surface area (Å²) in [7, 11) is -3.02. The van der Waals surface area contributed by atoms with Gasteiger partial charge in [0.1, 0.15) is 5.60 Å². The standard InChI is InChI=1S/C15H26N2O5S/c1-15(2,3)22-14(19)17-7-4-5-11(9-17)13(18)16-12-6-8-23(20,21)10-12/h11-12H,4-10H2,1-3H3,(H,16,18)/t11-,12-/m0/s1. The zero-order valence-electron chi connectivity index (χ0n) is 14.0. The SMILES string of the molecule is CC(C)(C)OC(=O)N1CCC[C@H](C(=O)N[C@H]2CCS(=O)(=O)C2)C1. The Bertz CT molecular complexity index is 567. The van der Waals surface area contributed by atoms with Gasteiger partial charge in [-0.25, -0.2) is 13.2 Å². The van der Waals surface area contributed by atoms with E-state index in [0.29, 0.717) is 25.9 Å². The topological polar surface area (TPSA) is 92.8 Å². The Labute approximate surface area is 137 Å². The monoisotopic (exact) mass is 346 g/mol. The van der Waals surface area contributed by atoms with E-state index in [0.717, 1.165) is 6.42 Å². The lowest BCUT2D eigenvalue weighted by Gasteiger charge is -2.33. The molecule has 0 spiro atoms. The molecule has 0 aromatic heterocycles. The van der Waals surface area contributed by atoms with E-state index >= 15 is 0 Å². The van der Waals surface area contributed by atoms with Gasteiger partial charge in [0.25, 0.3) is 0 Å². The zero-order chi connectivity index (χ0) is 17.3. The van der Waals surface area contributed by atoms with Crippen molar-refractivity contribution in [1.82, 2.24) is 10.2 Å². The van der Waals surface area contributed by atoms with Crippen LogP contribution in [0.1, 0.15) is 40.0 Å². The van der Waals surface area contributed by atoms with Gasteiger partial charge in [-0.15, -0.1) is 0 Å². The van der Waals surface area contributed by atoms with Crippen LogP contribution in [-0.2, 0) is 19.4 Å². The van der Waals surface area contributed by atoms with Gasteiger partial charge in [-0.3, -0.25) is 4.79 Å². The van der Waals surface area contributed by atoms with Crippen molar-refractivity contribution in [3.05, 3.63) is 0 Å². The number of nitrogens with zero attached hydrogens (tertiary/aromatic N) is 1. The van der Waals surface area contributed by atoms with Crippen LogP contribution in [-0.4, -0.2) is 61.6 Å². The number of carbonyl (C=O) groups excluding carboxylic acids is 2. The second-order valence-corrected chi connectivity index (χ2v) is 9.60. The number of hydrogen-bond donors (Lipinski definition) is 1. The summed E-state index contributed by atoms with van der Waals surface area (Å²) >= 11 is 0. The van der Waals surface area contributed by atoms with Crippen molar-refractivity contribution < 1.29 is 22.7 Å². The van der Waals surface area contributed by atoms with Crippen LogP contribution in [0.25, 0.3) is 0 Å². The first-order valence-corrected chi connectivity index (χ1v) is 9.86. The molecule has 0 radical (unpaired) electrons. The van der Waals surface area contributed by atoms with Gasteiger partial charge in [0.2, 0.25) is 5.91 Å². The minimum atomic E-state index is -3.02. The number of likely N-dealkylation sites (tertiary alicyclic amines) is 1. The Morgan fingerprint density at radius 3 is 2.48 bits per heavy atom. The molecule has 8 heteroatoms. The maximum atomic E-state index is 12.3. The first-order chi connectivity index (χ1) is 10.6. The fourth-order valence-corrected chi connectivity index (χ4v) is 4.58. The van der Waals surface area contributed by atoms with Crippen molar-refractivity contribution in [3.63, 3.8) is 0 Å². The highest BCUT2D eigenvalue weighted by Crippen LogP contribution is 2.20. The molecule has 2 saturated heterocycles. The lowest BCUT2D eigenvalue weighted by Crippen LogP contribution is -2.48. The van der Waals surface area contributed by atoms with Crippen molar-refractivity contribution in [2.75, 3.05) is 24.6 Å². The molecule has 2 amide bonds. The Kier molecular flexibility index (Phi) is 5.23. The first kappa shape index (κ1) is 18.0. The number of rotatable bonds is 2. The average molecular weight is 346 g/mol. The smallest absolute Gasteiger partial charge is 0.410 e. The Balaban J connectivity index is 1.88. The maximum absolute atomic E-state index is 12.3. The summed E-state index contributed by atoms with van der Waals surface area (Å²) in [6.07, 6.45) is 1.50. The second kappa shape index (κ2) is 6.67. The Morgan fingerprint density at radius 2 is 1.91 bits per heavy atom. The van der Waals surface area contributed by atoms with Crippen LogP contribution in [0.4, 0.5) is 4.79 Å². The lowest BCUT2D eigenvalue weighted by atomic mass is 9.97. The van der Waals surface area contributed by atoms with Crippen LogP contribution in [0.2, 0.25) is 0 Å². The zero-order valence-corrected chi connectivity index (χ0v) is 14.8. The molecular weight excluding hydrogens is 320 g/mol. The van der Waals surface area contributed by atoms with Crippen LogP contribution in [0, 0.1) is 5.92 Å². The lowest BCUT2D eigenvalue weighted by molar-refractivity contribution is -0.127. The van der Waals surface area contributed by atoms with Crippen molar-refractivity contribution >= 4 is 21.8 Å². The maximum Gasteiger partial charge on any atom is 0.410 e. The molecule has 2 rings (SSSR count). The van der Waals surface area contributed by atoms with Gasteiger partial charge in [0.15, 0.2) is 9.84 Å². The number of carbonyl (C=O) groups is 2. The van der Waals surface area contributed by atoms with E-state index in [1.165, 1.54) is 0 Å². The van der Waals surface area contributed by atoms with E-state index in [4.69, 9.17) is 4.74 Å². The molecule has 23 heavy (non-hydrogen) atoms. The molecule has 2 heterocycles. The van der Waals surface area contributed by atoms with Crippen LogP contribution >= 0.6 is 0 Å². The number of piperidine rings is 1. The fourth-order valence-electron chi connectivity index (χ4n) is 2.91. The van der Waals surface area contributed by atoms with Gasteiger partial charge in [-0.1, -0.05) is 0 Å². The van der Waals surface area contributed by atoms with Crippen LogP contribution in [0.5, 0.6) is 0 Å². The molecular formula is C15H26N2O5S. The van der Waals surface area contributed by atoms with Crippen molar-refractivity contribution in [1.29, 1.82) is 0 Å². The quantitative estimate of drug-likeness (QED) is 0.803. The van der Waals surface area contributed by atoms with Crippen molar-refractivity contribution in [2.24, 2.45) is 5.92 Å². The molecule has 2 atom stereocenters. The summed E-state index contributed by atoms with van der Waals surface area (Å²) in [5, 5.41) is 2.82. The molecule has 7 nitrogen and oxygen atoms in total.